The number of nitrogens with one attached hydrogen (secondary N) is 1. The molecule has 5 nitrogen and oxygen atoms in total. The predicted molar refractivity (Wildman–Crippen MR) is 59.8 cm³/mol. The van der Waals surface area contributed by atoms with Crippen molar-refractivity contribution in [3.8, 4) is 6.07 Å². The summed E-state index contributed by atoms with van der Waals surface area (Å²) in [4.78, 5) is 11.6. The van der Waals surface area contributed by atoms with Crippen LogP contribution < -0.4 is 0 Å². The Kier molecular flexibility index (Phi) is 2.62. The average molecular weight is 280 g/mol. The number of fused-ring (bicyclic) bond motifs is 1. The summed E-state index contributed by atoms with van der Waals surface area (Å²) >= 11 is 3.27. The van der Waals surface area contributed by atoms with E-state index in [0.717, 1.165) is 0 Å². The van der Waals surface area contributed by atoms with Crippen LogP contribution in [0.3, 0.4) is 0 Å². The van der Waals surface area contributed by atoms with E-state index in [-0.39, 0.29) is 5.69 Å². The summed E-state index contributed by atoms with van der Waals surface area (Å²) < 4.78 is 5.37. The first kappa shape index (κ1) is 10.6. The van der Waals surface area contributed by atoms with E-state index in [1.807, 2.05) is 6.07 Å². The van der Waals surface area contributed by atoms with Crippen LogP contribution in [0.25, 0.3) is 10.9 Å². The Morgan fingerprint density at radius 2 is 2.38 bits per heavy atom. The summed E-state index contributed by atoms with van der Waals surface area (Å²) in [6.45, 7) is 0. The molecule has 0 radical (unpaired) electrons. The fourth-order valence-corrected chi connectivity index (χ4v) is 1.93. The van der Waals surface area contributed by atoms with Gasteiger partial charge in [-0.2, -0.15) is 10.4 Å². The van der Waals surface area contributed by atoms with Crippen molar-refractivity contribution in [2.75, 3.05) is 7.11 Å². The molecule has 1 N–H and O–H groups in total. The molecule has 0 unspecified atom stereocenters. The normalized spacial score (nSPS) is 10.1. The second-order valence-corrected chi connectivity index (χ2v) is 3.97. The predicted octanol–water partition coefficient (Wildman–Crippen LogP) is 1.98. The molecule has 0 aliphatic rings. The topological polar surface area (TPSA) is 78.8 Å². The molecule has 0 spiro atoms. The molecule has 1 aromatic heterocycles. The molecule has 6 heteroatoms. The van der Waals surface area contributed by atoms with Crippen molar-refractivity contribution in [2.24, 2.45) is 0 Å². The third kappa shape index (κ3) is 1.55. The molecule has 0 amide bonds. The van der Waals surface area contributed by atoms with Crippen LogP contribution in [0, 0.1) is 11.3 Å². The molecule has 0 aliphatic heterocycles. The number of carbonyl (C=O) groups is 1. The largest absolute Gasteiger partial charge is 0.465 e. The van der Waals surface area contributed by atoms with Gasteiger partial charge in [-0.25, -0.2) is 4.79 Å². The number of carbonyl (C=O) groups excluding carboxylic acids is 1. The zero-order valence-electron chi connectivity index (χ0n) is 8.24. The van der Waals surface area contributed by atoms with E-state index < -0.39 is 5.97 Å². The standard InChI is InChI=1S/C10H6BrN3O2/c1-16-10(15)6-2-5(11)3-7-9(6)8(4-12)14-13-7/h2-3H,1H3,(H,13,14). The lowest BCUT2D eigenvalue weighted by Crippen LogP contribution is -2.02. The fourth-order valence-electron chi connectivity index (χ4n) is 1.47. The van der Waals surface area contributed by atoms with Crippen LogP contribution >= 0.6 is 15.9 Å². The van der Waals surface area contributed by atoms with Gasteiger partial charge in [0.1, 0.15) is 6.07 Å². The Morgan fingerprint density at radius 1 is 1.62 bits per heavy atom. The molecule has 2 aromatic rings. The second kappa shape index (κ2) is 3.94. The molecule has 1 aromatic carbocycles. The quantitative estimate of drug-likeness (QED) is 0.810. The van der Waals surface area contributed by atoms with Crippen LogP contribution in [-0.4, -0.2) is 23.3 Å². The molecule has 1 heterocycles. The van der Waals surface area contributed by atoms with Gasteiger partial charge in [0, 0.05) is 4.47 Å². The molecule has 0 saturated heterocycles. The molecular weight excluding hydrogens is 274 g/mol. The summed E-state index contributed by atoms with van der Waals surface area (Å²) in [6.07, 6.45) is 0. The van der Waals surface area contributed by atoms with Crippen molar-refractivity contribution in [1.82, 2.24) is 10.2 Å². The van der Waals surface area contributed by atoms with Crippen molar-refractivity contribution in [3.05, 3.63) is 27.9 Å². The van der Waals surface area contributed by atoms with Crippen molar-refractivity contribution >= 4 is 32.8 Å². The van der Waals surface area contributed by atoms with E-state index in [1.165, 1.54) is 7.11 Å². The summed E-state index contributed by atoms with van der Waals surface area (Å²) in [7, 11) is 1.29. The summed E-state index contributed by atoms with van der Waals surface area (Å²) in [5.41, 5.74) is 1.12. The van der Waals surface area contributed by atoms with Crippen LogP contribution in [0.4, 0.5) is 0 Å². The molecule has 0 saturated carbocycles. The van der Waals surface area contributed by atoms with Gasteiger partial charge in [0.25, 0.3) is 0 Å². The summed E-state index contributed by atoms with van der Waals surface area (Å²) in [5, 5.41) is 15.9. The maximum Gasteiger partial charge on any atom is 0.338 e. The van der Waals surface area contributed by atoms with E-state index in [9.17, 15) is 4.79 Å². The first-order valence-corrected chi connectivity index (χ1v) is 5.12. The maximum atomic E-state index is 11.6. The lowest BCUT2D eigenvalue weighted by atomic mass is 10.1. The molecule has 0 aliphatic carbocycles. The Hall–Kier alpha value is -1.87. The summed E-state index contributed by atoms with van der Waals surface area (Å²) in [6, 6.07) is 5.27. The number of hydrogen-bond donors (Lipinski definition) is 1. The van der Waals surface area contributed by atoms with Gasteiger partial charge in [-0.15, -0.1) is 0 Å². The van der Waals surface area contributed by atoms with Gasteiger partial charge in [-0.3, -0.25) is 5.10 Å². The van der Waals surface area contributed by atoms with Gasteiger partial charge in [-0.1, -0.05) is 15.9 Å². The first-order valence-electron chi connectivity index (χ1n) is 4.33. The van der Waals surface area contributed by atoms with E-state index in [2.05, 4.69) is 30.9 Å². The number of hydrogen-bond acceptors (Lipinski definition) is 4. The lowest BCUT2D eigenvalue weighted by molar-refractivity contribution is 0.0603. The third-order valence-electron chi connectivity index (χ3n) is 2.14. The molecule has 2 rings (SSSR count). The van der Waals surface area contributed by atoms with Gasteiger partial charge >= 0.3 is 5.97 Å². The van der Waals surface area contributed by atoms with Crippen LogP contribution in [0.5, 0.6) is 0 Å². The molecule has 80 valence electrons. The van der Waals surface area contributed by atoms with Gasteiger partial charge in [-0.05, 0) is 12.1 Å². The zero-order chi connectivity index (χ0) is 11.7. The van der Waals surface area contributed by atoms with E-state index in [0.29, 0.717) is 20.9 Å². The lowest BCUT2D eigenvalue weighted by Gasteiger charge is -2.01. The number of rotatable bonds is 1. The summed E-state index contributed by atoms with van der Waals surface area (Å²) in [5.74, 6) is -0.496. The Morgan fingerprint density at radius 3 is 3.00 bits per heavy atom. The number of H-pyrrole nitrogens is 1. The molecule has 16 heavy (non-hydrogen) atoms. The minimum atomic E-state index is -0.496. The Bertz CT molecular complexity index is 612. The molecule has 0 fully saturated rings. The van der Waals surface area contributed by atoms with Gasteiger partial charge in [0.15, 0.2) is 5.69 Å². The van der Waals surface area contributed by atoms with E-state index in [1.54, 1.807) is 12.1 Å². The molecule has 0 atom stereocenters. The van der Waals surface area contributed by atoms with Crippen molar-refractivity contribution in [1.29, 1.82) is 5.26 Å². The maximum absolute atomic E-state index is 11.6. The number of halogens is 1. The Labute approximate surface area is 99.1 Å². The fraction of sp³-hybridized carbons (Fsp3) is 0.100. The number of ether oxygens (including phenoxy) is 1. The Balaban J connectivity index is 2.84. The number of nitriles is 1. The van der Waals surface area contributed by atoms with Crippen LogP contribution in [0.15, 0.2) is 16.6 Å². The third-order valence-corrected chi connectivity index (χ3v) is 2.60. The highest BCUT2D eigenvalue weighted by molar-refractivity contribution is 9.10. The molecule has 0 bridgehead atoms. The minimum Gasteiger partial charge on any atom is -0.465 e. The zero-order valence-corrected chi connectivity index (χ0v) is 9.83. The highest BCUT2D eigenvalue weighted by atomic mass is 79.9. The number of benzene rings is 1. The van der Waals surface area contributed by atoms with Gasteiger partial charge < -0.3 is 4.74 Å². The number of esters is 1. The highest BCUT2D eigenvalue weighted by Crippen LogP contribution is 2.25. The van der Waals surface area contributed by atoms with Crippen LogP contribution in [0.1, 0.15) is 16.1 Å². The van der Waals surface area contributed by atoms with E-state index >= 15 is 0 Å². The van der Waals surface area contributed by atoms with Crippen molar-refractivity contribution in [2.45, 2.75) is 0 Å². The van der Waals surface area contributed by atoms with Crippen LogP contribution in [-0.2, 0) is 4.74 Å². The second-order valence-electron chi connectivity index (χ2n) is 3.05. The van der Waals surface area contributed by atoms with Gasteiger partial charge in [0.05, 0.1) is 23.6 Å². The monoisotopic (exact) mass is 279 g/mol. The average Bonchev–Trinajstić information content (AvgIpc) is 2.69. The number of aromatic nitrogens is 2. The van der Waals surface area contributed by atoms with Crippen molar-refractivity contribution in [3.63, 3.8) is 0 Å². The van der Waals surface area contributed by atoms with E-state index in [4.69, 9.17) is 5.26 Å². The number of methoxy groups -OCH3 is 1. The van der Waals surface area contributed by atoms with Crippen LogP contribution in [0.2, 0.25) is 0 Å². The van der Waals surface area contributed by atoms with Gasteiger partial charge in [0.2, 0.25) is 0 Å². The number of aromatic amines is 1. The SMILES string of the molecule is COC(=O)c1cc(Br)cc2[nH]nc(C#N)c12. The minimum absolute atomic E-state index is 0.183. The highest BCUT2D eigenvalue weighted by Gasteiger charge is 2.17. The number of nitrogens with zero attached hydrogens (tertiary/aromatic N) is 2. The smallest absolute Gasteiger partial charge is 0.338 e. The molecular formula is C10H6BrN3O2. The van der Waals surface area contributed by atoms with Crippen molar-refractivity contribution < 1.29 is 9.53 Å². The first-order chi connectivity index (χ1) is 7.67.